The molecule has 2 amide bonds. The second-order valence-corrected chi connectivity index (χ2v) is 8.01. The number of hydrogen-bond donors (Lipinski definition) is 2. The Morgan fingerprint density at radius 3 is 2.69 bits per heavy atom. The number of hydrogen-bond acceptors (Lipinski definition) is 5. The lowest BCUT2D eigenvalue weighted by Crippen LogP contribution is -2.51. The third kappa shape index (κ3) is 3.54. The van der Waals surface area contributed by atoms with E-state index in [2.05, 4.69) is 15.3 Å². The molecule has 0 unspecified atom stereocenters. The van der Waals surface area contributed by atoms with Crippen molar-refractivity contribution in [1.82, 2.24) is 25.2 Å². The van der Waals surface area contributed by atoms with E-state index in [0.717, 1.165) is 36.1 Å². The summed E-state index contributed by atoms with van der Waals surface area (Å²) in [5.74, 6) is 0.263. The van der Waals surface area contributed by atoms with Gasteiger partial charge in [-0.25, -0.2) is 4.98 Å². The highest BCUT2D eigenvalue weighted by Gasteiger charge is 2.45. The summed E-state index contributed by atoms with van der Waals surface area (Å²) in [7, 11) is 0. The number of amides is 2. The van der Waals surface area contributed by atoms with Crippen molar-refractivity contribution in [2.45, 2.75) is 51.0 Å². The maximum atomic E-state index is 12.7. The Hall–Kier alpha value is -3.03. The van der Waals surface area contributed by atoms with Crippen molar-refractivity contribution in [3.05, 3.63) is 46.1 Å². The standard InChI is InChI=1S/C21H25N5O3/c1-13(23-14(2)27)20(29)26-10-7-21(8-11-26)6-5-16-17(21)24-18(25-19(16)28)15-4-3-9-22-12-15/h3-4,9,12-13H,5-8,10-11H2,1-2H3,(H,23,27)(H,24,25,28)/t13-/m1/s1. The van der Waals surface area contributed by atoms with Crippen molar-refractivity contribution in [3.63, 3.8) is 0 Å². The van der Waals surface area contributed by atoms with Gasteiger partial charge in [-0.05, 0) is 44.7 Å². The number of fused-ring (bicyclic) bond motifs is 2. The van der Waals surface area contributed by atoms with Crippen LogP contribution in [0.5, 0.6) is 0 Å². The Bertz CT molecular complexity index is 993. The zero-order chi connectivity index (χ0) is 20.6. The Kier molecular flexibility index (Phi) is 4.94. The lowest BCUT2D eigenvalue weighted by Gasteiger charge is -2.40. The molecule has 2 aromatic rings. The number of carbonyl (C=O) groups is 2. The SMILES string of the molecule is CC(=O)N[C@H](C)C(=O)N1CCC2(CCc3c2nc(-c2cccnc2)[nH]c3=O)CC1. The summed E-state index contributed by atoms with van der Waals surface area (Å²) in [6.45, 7) is 4.31. The molecule has 4 rings (SSSR count). The van der Waals surface area contributed by atoms with Crippen molar-refractivity contribution in [3.8, 4) is 11.4 Å². The zero-order valence-electron chi connectivity index (χ0n) is 16.7. The van der Waals surface area contributed by atoms with Crippen LogP contribution in [0, 0.1) is 0 Å². The van der Waals surface area contributed by atoms with Gasteiger partial charge < -0.3 is 15.2 Å². The largest absolute Gasteiger partial charge is 0.345 e. The normalized spacial score (nSPS) is 18.3. The molecular weight excluding hydrogens is 370 g/mol. The van der Waals surface area contributed by atoms with E-state index in [9.17, 15) is 14.4 Å². The summed E-state index contributed by atoms with van der Waals surface area (Å²) in [6, 6.07) is 3.17. The smallest absolute Gasteiger partial charge is 0.254 e. The van der Waals surface area contributed by atoms with Crippen LogP contribution in [0.1, 0.15) is 44.4 Å². The molecule has 2 N–H and O–H groups in total. The van der Waals surface area contributed by atoms with Gasteiger partial charge in [-0.2, -0.15) is 0 Å². The molecule has 2 aromatic heterocycles. The van der Waals surface area contributed by atoms with E-state index >= 15 is 0 Å². The molecule has 2 aliphatic rings. The topological polar surface area (TPSA) is 108 Å². The van der Waals surface area contributed by atoms with E-state index in [1.165, 1.54) is 6.92 Å². The first kappa shape index (κ1) is 19.3. The van der Waals surface area contributed by atoms with E-state index in [4.69, 9.17) is 4.98 Å². The van der Waals surface area contributed by atoms with Crippen LogP contribution in [0.2, 0.25) is 0 Å². The van der Waals surface area contributed by atoms with E-state index in [1.54, 1.807) is 24.2 Å². The van der Waals surface area contributed by atoms with Crippen LogP contribution >= 0.6 is 0 Å². The second kappa shape index (κ2) is 7.42. The number of aromatic amines is 1. The lowest BCUT2D eigenvalue weighted by molar-refractivity contribution is -0.137. The molecule has 8 nitrogen and oxygen atoms in total. The Morgan fingerprint density at radius 2 is 2.03 bits per heavy atom. The van der Waals surface area contributed by atoms with Crippen molar-refractivity contribution < 1.29 is 9.59 Å². The number of carbonyl (C=O) groups excluding carboxylic acids is 2. The molecule has 0 radical (unpaired) electrons. The summed E-state index contributed by atoms with van der Waals surface area (Å²) >= 11 is 0. The van der Waals surface area contributed by atoms with Crippen LogP contribution in [0.4, 0.5) is 0 Å². The van der Waals surface area contributed by atoms with Gasteiger partial charge in [0.2, 0.25) is 11.8 Å². The second-order valence-electron chi connectivity index (χ2n) is 8.01. The van der Waals surface area contributed by atoms with Crippen molar-refractivity contribution in [2.75, 3.05) is 13.1 Å². The fourth-order valence-electron chi connectivity index (χ4n) is 4.57. The third-order valence-electron chi connectivity index (χ3n) is 6.13. The highest BCUT2D eigenvalue weighted by atomic mass is 16.2. The third-order valence-corrected chi connectivity index (χ3v) is 6.13. The van der Waals surface area contributed by atoms with E-state index in [0.29, 0.717) is 25.3 Å². The quantitative estimate of drug-likeness (QED) is 0.811. The maximum absolute atomic E-state index is 12.7. The van der Waals surface area contributed by atoms with Crippen LogP contribution in [0.3, 0.4) is 0 Å². The molecule has 3 heterocycles. The number of nitrogens with one attached hydrogen (secondary N) is 2. The van der Waals surface area contributed by atoms with Gasteiger partial charge in [0.15, 0.2) is 0 Å². The highest BCUT2D eigenvalue weighted by Crippen LogP contribution is 2.44. The van der Waals surface area contributed by atoms with Gasteiger partial charge in [-0.15, -0.1) is 0 Å². The molecule has 1 aliphatic carbocycles. The predicted molar refractivity (Wildman–Crippen MR) is 107 cm³/mol. The van der Waals surface area contributed by atoms with Gasteiger partial charge in [-0.1, -0.05) is 0 Å². The van der Waals surface area contributed by atoms with Gasteiger partial charge >= 0.3 is 0 Å². The van der Waals surface area contributed by atoms with E-state index < -0.39 is 6.04 Å². The molecule has 152 valence electrons. The zero-order valence-corrected chi connectivity index (χ0v) is 16.7. The minimum absolute atomic E-state index is 0.0665. The molecule has 0 saturated carbocycles. The van der Waals surface area contributed by atoms with Crippen molar-refractivity contribution in [1.29, 1.82) is 0 Å². The number of pyridine rings is 1. The van der Waals surface area contributed by atoms with Crippen LogP contribution in [0.15, 0.2) is 29.3 Å². The van der Waals surface area contributed by atoms with Crippen molar-refractivity contribution >= 4 is 11.8 Å². The minimum atomic E-state index is -0.532. The Labute approximate surface area is 168 Å². The number of piperidine rings is 1. The lowest BCUT2D eigenvalue weighted by atomic mass is 9.76. The monoisotopic (exact) mass is 395 g/mol. The molecule has 8 heteroatoms. The molecule has 1 saturated heterocycles. The molecule has 0 bridgehead atoms. The first-order valence-corrected chi connectivity index (χ1v) is 9.99. The van der Waals surface area contributed by atoms with Crippen LogP contribution < -0.4 is 10.9 Å². The van der Waals surface area contributed by atoms with Gasteiger partial charge in [0, 0.05) is 48.9 Å². The molecule has 1 aliphatic heterocycles. The Balaban J connectivity index is 1.57. The van der Waals surface area contributed by atoms with Gasteiger partial charge in [0.1, 0.15) is 11.9 Å². The molecule has 0 aromatic carbocycles. The van der Waals surface area contributed by atoms with Crippen LogP contribution in [-0.4, -0.2) is 50.8 Å². The fraction of sp³-hybridized carbons (Fsp3) is 0.476. The summed E-state index contributed by atoms with van der Waals surface area (Å²) in [6.07, 6.45) is 6.49. The number of likely N-dealkylation sites (tertiary alicyclic amines) is 1. The number of H-pyrrole nitrogens is 1. The summed E-state index contributed by atoms with van der Waals surface area (Å²) in [5, 5.41) is 2.66. The molecular formula is C21H25N5O3. The summed E-state index contributed by atoms with van der Waals surface area (Å²) in [5.41, 5.74) is 2.18. The van der Waals surface area contributed by atoms with Crippen LogP contribution in [0.25, 0.3) is 11.4 Å². The van der Waals surface area contributed by atoms with Gasteiger partial charge in [0.25, 0.3) is 5.56 Å². The maximum Gasteiger partial charge on any atom is 0.254 e. The van der Waals surface area contributed by atoms with Crippen molar-refractivity contribution in [2.24, 2.45) is 0 Å². The molecule has 1 spiro atoms. The minimum Gasteiger partial charge on any atom is -0.345 e. The average Bonchev–Trinajstić information content (AvgIpc) is 3.07. The Morgan fingerprint density at radius 1 is 1.28 bits per heavy atom. The fourth-order valence-corrected chi connectivity index (χ4v) is 4.57. The first-order valence-electron chi connectivity index (χ1n) is 9.99. The average molecular weight is 395 g/mol. The summed E-state index contributed by atoms with van der Waals surface area (Å²) < 4.78 is 0. The van der Waals surface area contributed by atoms with Crippen LogP contribution in [-0.2, 0) is 21.4 Å². The van der Waals surface area contributed by atoms with Gasteiger partial charge in [0.05, 0.1) is 5.69 Å². The number of nitrogens with zero attached hydrogens (tertiary/aromatic N) is 3. The molecule has 1 atom stereocenters. The highest BCUT2D eigenvalue weighted by molar-refractivity contribution is 5.86. The molecule has 1 fully saturated rings. The molecule has 29 heavy (non-hydrogen) atoms. The van der Waals surface area contributed by atoms with E-state index in [-0.39, 0.29) is 22.8 Å². The first-order chi connectivity index (χ1) is 13.9. The van der Waals surface area contributed by atoms with Gasteiger partial charge in [-0.3, -0.25) is 19.4 Å². The summed E-state index contributed by atoms with van der Waals surface area (Å²) in [4.78, 5) is 50.2. The predicted octanol–water partition coefficient (Wildman–Crippen LogP) is 1.16. The number of aromatic nitrogens is 3. The number of rotatable bonds is 3. The van der Waals surface area contributed by atoms with E-state index in [1.807, 2.05) is 12.1 Å².